The molecule has 0 heterocycles. The molecule has 1 atom stereocenters. The van der Waals surface area contributed by atoms with Crippen LogP contribution in [-0.2, 0) is 0 Å². The van der Waals surface area contributed by atoms with Gasteiger partial charge in [-0.05, 0) is 26.3 Å². The predicted molar refractivity (Wildman–Crippen MR) is 45.8 cm³/mol. The average molecular weight is 134 g/mol. The van der Waals surface area contributed by atoms with E-state index in [9.17, 15) is 0 Å². The van der Waals surface area contributed by atoms with Gasteiger partial charge in [0.05, 0.1) is 0 Å². The molecule has 0 N–H and O–H groups in total. The molecule has 0 nitrogen and oxygen atoms in total. The van der Waals surface area contributed by atoms with Crippen LogP contribution in [-0.4, -0.2) is 0 Å². The van der Waals surface area contributed by atoms with E-state index < -0.39 is 0 Å². The fraction of sp³-hybridized carbons (Fsp3) is 0.400. The van der Waals surface area contributed by atoms with Gasteiger partial charge in [-0.1, -0.05) is 30.4 Å². The van der Waals surface area contributed by atoms with E-state index >= 15 is 0 Å². The number of allylic oxidation sites excluding steroid dienone is 5. The van der Waals surface area contributed by atoms with Gasteiger partial charge in [0, 0.05) is 5.41 Å². The highest BCUT2D eigenvalue weighted by molar-refractivity contribution is 5.50. The largest absolute Gasteiger partial charge is 0.0988 e. The molecule has 0 radical (unpaired) electrons. The summed E-state index contributed by atoms with van der Waals surface area (Å²) >= 11 is 0. The summed E-state index contributed by atoms with van der Waals surface area (Å²) in [6.07, 6.45) is 6.43. The highest BCUT2D eigenvalue weighted by atomic mass is 14.4. The molecule has 1 aliphatic carbocycles. The zero-order valence-electron chi connectivity index (χ0n) is 6.94. The van der Waals surface area contributed by atoms with Crippen LogP contribution >= 0.6 is 0 Å². The van der Waals surface area contributed by atoms with Crippen LogP contribution in [0.25, 0.3) is 0 Å². The minimum absolute atomic E-state index is 0.251. The maximum Gasteiger partial charge on any atom is 0.0289 e. The summed E-state index contributed by atoms with van der Waals surface area (Å²) in [5.74, 6) is 0. The molecule has 0 heteroatoms. The van der Waals surface area contributed by atoms with E-state index in [-0.39, 0.29) is 5.41 Å². The van der Waals surface area contributed by atoms with E-state index in [1.54, 1.807) is 0 Å². The Balaban J connectivity index is 2.63. The third-order valence-corrected chi connectivity index (χ3v) is 1.80. The highest BCUT2D eigenvalue weighted by Gasteiger charge is 2.33. The number of hydrogen-bond donors (Lipinski definition) is 0. The predicted octanol–water partition coefficient (Wildman–Crippen LogP) is 3.08. The molecule has 0 bridgehead atoms. The van der Waals surface area contributed by atoms with Gasteiger partial charge in [0.2, 0.25) is 0 Å². The monoisotopic (exact) mass is 134 g/mol. The molecule has 0 amide bonds. The van der Waals surface area contributed by atoms with Gasteiger partial charge in [0.15, 0.2) is 0 Å². The first-order valence-electron chi connectivity index (χ1n) is 3.60. The van der Waals surface area contributed by atoms with Gasteiger partial charge in [-0.15, -0.1) is 0 Å². The second-order valence-electron chi connectivity index (χ2n) is 3.31. The summed E-state index contributed by atoms with van der Waals surface area (Å²) in [4.78, 5) is 0. The standard InChI is InChI=1S/C10H14/c1-5-9-7-10(9,4)6-8(2)3/h5-7H,1H2,2-4H3. The molecule has 1 rings (SSSR count). The van der Waals surface area contributed by atoms with Crippen molar-refractivity contribution < 1.29 is 0 Å². The van der Waals surface area contributed by atoms with Crippen molar-refractivity contribution in [3.05, 3.63) is 36.0 Å². The fourth-order valence-electron chi connectivity index (χ4n) is 1.29. The van der Waals surface area contributed by atoms with Gasteiger partial charge in [-0.2, -0.15) is 0 Å². The minimum atomic E-state index is 0.251. The zero-order valence-corrected chi connectivity index (χ0v) is 6.94. The quantitative estimate of drug-likeness (QED) is 0.509. The van der Waals surface area contributed by atoms with E-state index in [1.807, 2.05) is 6.08 Å². The van der Waals surface area contributed by atoms with Crippen molar-refractivity contribution in [2.45, 2.75) is 20.8 Å². The smallest absolute Gasteiger partial charge is 0.0289 e. The summed E-state index contributed by atoms with van der Waals surface area (Å²) in [7, 11) is 0. The third-order valence-electron chi connectivity index (χ3n) is 1.80. The zero-order chi connectivity index (χ0) is 7.78. The van der Waals surface area contributed by atoms with Crippen LogP contribution in [0.3, 0.4) is 0 Å². The van der Waals surface area contributed by atoms with E-state index in [0.29, 0.717) is 0 Å². The Morgan fingerprint density at radius 3 is 2.50 bits per heavy atom. The van der Waals surface area contributed by atoms with Crippen molar-refractivity contribution in [2.24, 2.45) is 5.41 Å². The maximum absolute atomic E-state index is 3.73. The Morgan fingerprint density at radius 1 is 1.60 bits per heavy atom. The number of hydrogen-bond acceptors (Lipinski definition) is 0. The van der Waals surface area contributed by atoms with Crippen molar-refractivity contribution in [3.63, 3.8) is 0 Å². The van der Waals surface area contributed by atoms with Crippen LogP contribution in [0.2, 0.25) is 0 Å². The van der Waals surface area contributed by atoms with Crippen molar-refractivity contribution in [3.8, 4) is 0 Å². The van der Waals surface area contributed by atoms with E-state index in [0.717, 1.165) is 0 Å². The van der Waals surface area contributed by atoms with E-state index in [2.05, 4.69) is 39.5 Å². The lowest BCUT2D eigenvalue weighted by Crippen LogP contribution is -1.92. The molecule has 0 aliphatic heterocycles. The SMILES string of the molecule is C=CC1=CC1(C)C=C(C)C. The summed E-state index contributed by atoms with van der Waals surface area (Å²) in [5.41, 5.74) is 2.98. The second-order valence-corrected chi connectivity index (χ2v) is 3.31. The lowest BCUT2D eigenvalue weighted by atomic mass is 10.0. The van der Waals surface area contributed by atoms with Gasteiger partial charge in [-0.3, -0.25) is 0 Å². The highest BCUT2D eigenvalue weighted by Crippen LogP contribution is 2.46. The molecular formula is C10H14. The van der Waals surface area contributed by atoms with Crippen LogP contribution in [0.15, 0.2) is 36.0 Å². The van der Waals surface area contributed by atoms with Crippen molar-refractivity contribution >= 4 is 0 Å². The minimum Gasteiger partial charge on any atom is -0.0988 e. The topological polar surface area (TPSA) is 0 Å². The Morgan fingerprint density at radius 2 is 2.20 bits per heavy atom. The molecule has 0 spiro atoms. The van der Waals surface area contributed by atoms with Gasteiger partial charge >= 0.3 is 0 Å². The molecule has 0 aromatic rings. The summed E-state index contributed by atoms with van der Waals surface area (Å²) in [5, 5.41) is 0. The molecule has 1 unspecified atom stereocenters. The Hall–Kier alpha value is -0.780. The molecular weight excluding hydrogens is 120 g/mol. The lowest BCUT2D eigenvalue weighted by molar-refractivity contribution is 0.802. The molecule has 0 saturated heterocycles. The first-order chi connectivity index (χ1) is 4.58. The lowest BCUT2D eigenvalue weighted by Gasteiger charge is -2.03. The molecule has 0 aromatic heterocycles. The van der Waals surface area contributed by atoms with Crippen LogP contribution in [0.1, 0.15) is 20.8 Å². The maximum atomic E-state index is 3.73. The molecule has 1 aliphatic rings. The molecule has 54 valence electrons. The molecule has 0 aromatic carbocycles. The van der Waals surface area contributed by atoms with Crippen molar-refractivity contribution in [1.82, 2.24) is 0 Å². The van der Waals surface area contributed by atoms with Gasteiger partial charge in [0.25, 0.3) is 0 Å². The molecule has 0 saturated carbocycles. The normalized spacial score (nSPS) is 28.9. The third kappa shape index (κ3) is 1.21. The van der Waals surface area contributed by atoms with Gasteiger partial charge in [-0.25, -0.2) is 0 Å². The number of rotatable bonds is 2. The Kier molecular flexibility index (Phi) is 1.55. The van der Waals surface area contributed by atoms with Gasteiger partial charge in [0.1, 0.15) is 0 Å². The van der Waals surface area contributed by atoms with Crippen LogP contribution in [0, 0.1) is 5.41 Å². The average Bonchev–Trinajstić information content (AvgIpc) is 2.39. The van der Waals surface area contributed by atoms with Crippen LogP contribution in [0.5, 0.6) is 0 Å². The fourth-order valence-corrected chi connectivity index (χ4v) is 1.29. The van der Waals surface area contributed by atoms with Crippen LogP contribution < -0.4 is 0 Å². The first kappa shape index (κ1) is 7.33. The van der Waals surface area contributed by atoms with E-state index in [4.69, 9.17) is 0 Å². The van der Waals surface area contributed by atoms with E-state index in [1.165, 1.54) is 11.1 Å². The molecule has 10 heavy (non-hydrogen) atoms. The Bertz CT molecular complexity index is 214. The summed E-state index contributed by atoms with van der Waals surface area (Å²) < 4.78 is 0. The van der Waals surface area contributed by atoms with Crippen molar-refractivity contribution in [1.29, 1.82) is 0 Å². The second kappa shape index (κ2) is 2.12. The van der Waals surface area contributed by atoms with Crippen molar-refractivity contribution in [2.75, 3.05) is 0 Å². The Labute approximate surface area is 62.9 Å². The summed E-state index contributed by atoms with van der Waals surface area (Å²) in [6, 6.07) is 0. The van der Waals surface area contributed by atoms with Gasteiger partial charge < -0.3 is 0 Å². The van der Waals surface area contributed by atoms with Crippen LogP contribution in [0.4, 0.5) is 0 Å². The summed E-state index contributed by atoms with van der Waals surface area (Å²) in [6.45, 7) is 10.2. The molecule has 0 fully saturated rings. The first-order valence-corrected chi connectivity index (χ1v) is 3.60.